The minimum atomic E-state index is -4.53. The van der Waals surface area contributed by atoms with Gasteiger partial charge in [0.25, 0.3) is 5.91 Å². The van der Waals surface area contributed by atoms with Crippen LogP contribution in [0.2, 0.25) is 0 Å². The lowest BCUT2D eigenvalue weighted by atomic mass is 9.76. The zero-order valence-electron chi connectivity index (χ0n) is 27.9. The number of nitrogens with one attached hydrogen (secondary N) is 1. The van der Waals surface area contributed by atoms with E-state index in [-0.39, 0.29) is 36.9 Å². The van der Waals surface area contributed by atoms with E-state index >= 15 is 0 Å². The Balaban J connectivity index is 0.00000486. The van der Waals surface area contributed by atoms with Crippen molar-refractivity contribution in [1.29, 1.82) is 0 Å². The molecule has 0 saturated heterocycles. The molecule has 2 fully saturated rings. The fraction of sp³-hybridized carbons (Fsp3) is 0.450. The highest BCUT2D eigenvalue weighted by Gasteiger charge is 2.31. The van der Waals surface area contributed by atoms with Crippen molar-refractivity contribution in [3.63, 3.8) is 0 Å². The summed E-state index contributed by atoms with van der Waals surface area (Å²) >= 11 is 0. The first-order chi connectivity index (χ1) is 23.6. The fourth-order valence-electron chi connectivity index (χ4n) is 6.75. The number of hydrogen-bond donors (Lipinski definition) is 1. The third-order valence-corrected chi connectivity index (χ3v) is 9.73. The van der Waals surface area contributed by atoms with Crippen LogP contribution in [-0.4, -0.2) is 44.2 Å². The second kappa shape index (κ2) is 15.6. The molecule has 0 bridgehead atoms. The van der Waals surface area contributed by atoms with Crippen molar-refractivity contribution in [3.8, 4) is 17.2 Å². The van der Waals surface area contributed by atoms with Gasteiger partial charge in [0.1, 0.15) is 17.2 Å². The van der Waals surface area contributed by atoms with E-state index in [9.17, 15) is 22.8 Å². The summed E-state index contributed by atoms with van der Waals surface area (Å²) in [5, 5.41) is 4.07. The highest BCUT2D eigenvalue weighted by molar-refractivity contribution is 5.98. The number of benzene rings is 3. The number of ether oxygens (including phenoxy) is 3. The normalized spacial score (nSPS) is 20.1. The lowest BCUT2D eigenvalue weighted by Gasteiger charge is -2.28. The lowest BCUT2D eigenvalue weighted by molar-refractivity contribution is -0.153. The maximum atomic E-state index is 13.3. The van der Waals surface area contributed by atoms with Crippen molar-refractivity contribution >= 4 is 23.8 Å². The van der Waals surface area contributed by atoms with E-state index in [0.717, 1.165) is 55.1 Å². The molecule has 49 heavy (non-hydrogen) atoms. The summed E-state index contributed by atoms with van der Waals surface area (Å²) in [5.41, 5.74) is 1.95. The monoisotopic (exact) mass is 677 g/mol. The van der Waals surface area contributed by atoms with E-state index in [0.29, 0.717) is 41.6 Å². The third kappa shape index (κ3) is 9.75. The van der Waals surface area contributed by atoms with Gasteiger partial charge in [-0.25, -0.2) is 0 Å². The van der Waals surface area contributed by atoms with Gasteiger partial charge in [-0.05, 0) is 124 Å². The van der Waals surface area contributed by atoms with Crippen molar-refractivity contribution in [3.05, 3.63) is 87.8 Å². The molecule has 262 valence electrons. The van der Waals surface area contributed by atoms with Crippen LogP contribution in [0, 0.1) is 30.6 Å². The summed E-state index contributed by atoms with van der Waals surface area (Å²) in [4.78, 5) is 26.3. The Morgan fingerprint density at radius 3 is 2.18 bits per heavy atom. The van der Waals surface area contributed by atoms with E-state index in [1.54, 1.807) is 12.1 Å². The first kappa shape index (κ1) is 34.7. The highest BCUT2D eigenvalue weighted by Crippen LogP contribution is 2.35. The highest BCUT2D eigenvalue weighted by atomic mass is 19.4. The van der Waals surface area contributed by atoms with Crippen molar-refractivity contribution in [2.75, 3.05) is 26.4 Å². The molecule has 1 N–H and O–H groups in total. The predicted octanol–water partition coefficient (Wildman–Crippen LogP) is 7.79. The zero-order valence-corrected chi connectivity index (χ0v) is 27.9. The first-order valence-corrected chi connectivity index (χ1v) is 17.4. The topological polar surface area (TPSA) is 73.9 Å². The molecule has 0 radical (unpaired) electrons. The van der Waals surface area contributed by atoms with Gasteiger partial charge in [0.05, 0.1) is 12.2 Å². The molecular formula is C40H46F3NO5. The Bertz CT molecular complexity index is 1730. The average Bonchev–Trinajstić information content (AvgIpc) is 3.83. The van der Waals surface area contributed by atoms with Gasteiger partial charge in [0, 0.05) is 31.3 Å². The maximum Gasteiger partial charge on any atom is 0.422 e. The zero-order chi connectivity index (χ0) is 34.4. The molecule has 0 aromatic heterocycles. The van der Waals surface area contributed by atoms with Gasteiger partial charge in [0.2, 0.25) is 0 Å². The number of Topliss-reactive ketones (excluding diaryl/α,β-unsaturated/α-hetero) is 1. The summed E-state index contributed by atoms with van der Waals surface area (Å²) in [7, 11) is 0. The summed E-state index contributed by atoms with van der Waals surface area (Å²) in [6.45, 7) is 1.84. The minimum absolute atomic E-state index is 0. The van der Waals surface area contributed by atoms with Gasteiger partial charge < -0.3 is 19.5 Å². The summed E-state index contributed by atoms with van der Waals surface area (Å²) in [5.74, 6) is 2.21. The quantitative estimate of drug-likeness (QED) is 0.131. The molecule has 3 aliphatic carbocycles. The molecular weight excluding hydrogens is 631 g/mol. The number of ketones is 1. The Kier molecular flexibility index (Phi) is 11.1. The van der Waals surface area contributed by atoms with Crippen LogP contribution in [0.15, 0.2) is 60.7 Å². The Hall–Kier alpha value is -4.11. The smallest absolute Gasteiger partial charge is 0.422 e. The molecule has 1 unspecified atom stereocenters. The number of halogens is 3. The van der Waals surface area contributed by atoms with E-state index in [4.69, 9.17) is 14.2 Å². The van der Waals surface area contributed by atoms with E-state index in [2.05, 4.69) is 5.32 Å². The predicted molar refractivity (Wildman–Crippen MR) is 184 cm³/mol. The van der Waals surface area contributed by atoms with E-state index in [1.807, 2.05) is 67.6 Å². The Morgan fingerprint density at radius 2 is 1.51 bits per heavy atom. The van der Waals surface area contributed by atoms with Gasteiger partial charge in [-0.2, -0.15) is 13.2 Å². The van der Waals surface area contributed by atoms with Crippen LogP contribution in [0.3, 0.4) is 0 Å². The molecule has 3 aromatic carbocycles. The average molecular weight is 678 g/mol. The van der Waals surface area contributed by atoms with Crippen LogP contribution in [0.1, 0.15) is 79.1 Å². The van der Waals surface area contributed by atoms with Crippen LogP contribution < -0.4 is 25.2 Å². The first-order valence-electron chi connectivity index (χ1n) is 17.4. The minimum Gasteiger partial charge on any atom is -0.483 e. The standard InChI is InChI=1S/C40H44F3NO5.H2/c1-26-2-15-33(16-3-26)49-34-17-12-31(13-18-34)37(45)30-10-8-27(9-11-30)4-7-29-22-32-14-19-35(38(36(32)23-29)48-25-40(41,42)43)39(46)44-20-21-47-24-28-5-6-28;/h2-3,12-19,22-23,27-30H,4-11,20-21,24-25H2,1H3,(H,44,46);1H. The molecule has 3 aliphatic rings. The largest absolute Gasteiger partial charge is 0.483 e. The molecule has 9 heteroatoms. The number of rotatable bonds is 15. The van der Waals surface area contributed by atoms with Crippen molar-refractivity contribution in [2.24, 2.45) is 23.7 Å². The number of alkyl halides is 3. The second-order valence-corrected chi connectivity index (χ2v) is 13.7. The summed E-state index contributed by atoms with van der Waals surface area (Å²) < 4.78 is 56.3. The van der Waals surface area contributed by atoms with Crippen LogP contribution >= 0.6 is 0 Å². The van der Waals surface area contributed by atoms with Gasteiger partial charge in [0.15, 0.2) is 12.4 Å². The van der Waals surface area contributed by atoms with Gasteiger partial charge in [-0.3, -0.25) is 9.59 Å². The molecule has 6 nitrogen and oxygen atoms in total. The number of hydrogen-bond acceptors (Lipinski definition) is 5. The van der Waals surface area contributed by atoms with Crippen LogP contribution in [0.5, 0.6) is 17.2 Å². The van der Waals surface area contributed by atoms with Gasteiger partial charge >= 0.3 is 6.18 Å². The van der Waals surface area contributed by atoms with Crippen LogP contribution in [0.25, 0.3) is 12.2 Å². The Labute approximate surface area is 286 Å². The molecule has 1 atom stereocenters. The molecule has 0 aliphatic heterocycles. The summed E-state index contributed by atoms with van der Waals surface area (Å²) in [6.07, 6.45) is 7.14. The van der Waals surface area contributed by atoms with Crippen molar-refractivity contribution in [2.45, 2.75) is 64.5 Å². The van der Waals surface area contributed by atoms with Crippen LogP contribution in [-0.2, 0) is 4.74 Å². The van der Waals surface area contributed by atoms with E-state index in [1.165, 1.54) is 12.8 Å². The molecule has 2 saturated carbocycles. The molecule has 1 amide bonds. The number of aryl methyl sites for hydroxylation is 1. The van der Waals surface area contributed by atoms with Gasteiger partial charge in [-0.15, -0.1) is 0 Å². The summed E-state index contributed by atoms with van der Waals surface area (Å²) in [6, 6.07) is 18.5. The van der Waals surface area contributed by atoms with Crippen molar-refractivity contribution < 1.29 is 38.4 Å². The fourth-order valence-corrected chi connectivity index (χ4v) is 6.75. The number of amides is 1. The SMILES string of the molecule is Cc1ccc(Oc2ccc(C(=O)C3CCC(CCC4C=c5ccc(C(=O)NCCOCC6CC6)c(OCC(F)(F)F)c5=C4)CC3)cc2)cc1.[HH]. The second-order valence-electron chi connectivity index (χ2n) is 13.7. The number of carbonyl (C=O) groups is 2. The number of fused-ring (bicyclic) bond motifs is 1. The molecule has 0 spiro atoms. The molecule has 6 rings (SSSR count). The lowest BCUT2D eigenvalue weighted by Crippen LogP contribution is -2.33. The van der Waals surface area contributed by atoms with Crippen LogP contribution in [0.4, 0.5) is 13.2 Å². The molecule has 3 aromatic rings. The van der Waals surface area contributed by atoms with Crippen molar-refractivity contribution in [1.82, 2.24) is 5.32 Å². The molecule has 0 heterocycles. The van der Waals surface area contributed by atoms with Gasteiger partial charge in [-0.1, -0.05) is 35.9 Å². The number of carbonyl (C=O) groups excluding carboxylic acids is 2. The van der Waals surface area contributed by atoms with E-state index < -0.39 is 18.7 Å². The maximum absolute atomic E-state index is 13.3. The Morgan fingerprint density at radius 1 is 0.837 bits per heavy atom. The third-order valence-electron chi connectivity index (χ3n) is 9.73.